The SMILES string of the molecule is Nc1ncnc2c1ncn2[C@@H]1O[C@H](COc2cccc(-c3ccccc3)c2)[C@@H](O)[C@H]1O. The molecule has 5 rings (SSSR count). The molecule has 9 heteroatoms. The quantitative estimate of drug-likeness (QED) is 0.446. The number of rotatable bonds is 5. The average molecular weight is 419 g/mol. The van der Waals surface area contributed by atoms with Crippen LogP contribution in [0.25, 0.3) is 22.3 Å². The molecule has 4 aromatic rings. The van der Waals surface area contributed by atoms with Gasteiger partial charge in [-0.15, -0.1) is 0 Å². The van der Waals surface area contributed by atoms with Crippen molar-refractivity contribution in [2.45, 2.75) is 24.5 Å². The van der Waals surface area contributed by atoms with Gasteiger partial charge < -0.3 is 25.4 Å². The van der Waals surface area contributed by atoms with Crippen LogP contribution in [0.3, 0.4) is 0 Å². The molecule has 158 valence electrons. The summed E-state index contributed by atoms with van der Waals surface area (Å²) in [5.74, 6) is 0.874. The van der Waals surface area contributed by atoms with Crippen molar-refractivity contribution in [2.75, 3.05) is 12.3 Å². The number of hydrogen-bond donors (Lipinski definition) is 3. The lowest BCUT2D eigenvalue weighted by molar-refractivity contribution is -0.0474. The number of aliphatic hydroxyl groups is 2. The summed E-state index contributed by atoms with van der Waals surface area (Å²) in [5, 5.41) is 21.1. The second-order valence-corrected chi connectivity index (χ2v) is 7.33. The number of nitrogens with zero attached hydrogens (tertiary/aromatic N) is 4. The van der Waals surface area contributed by atoms with Gasteiger partial charge in [-0.05, 0) is 23.3 Å². The van der Waals surface area contributed by atoms with Crippen molar-refractivity contribution in [3.05, 3.63) is 67.3 Å². The maximum atomic E-state index is 10.6. The van der Waals surface area contributed by atoms with Gasteiger partial charge in [-0.1, -0.05) is 42.5 Å². The number of aliphatic hydroxyl groups excluding tert-OH is 2. The summed E-state index contributed by atoms with van der Waals surface area (Å²) in [6.45, 7) is 0.0662. The van der Waals surface area contributed by atoms with E-state index >= 15 is 0 Å². The Labute approximate surface area is 177 Å². The molecule has 1 fully saturated rings. The lowest BCUT2D eigenvalue weighted by atomic mass is 10.1. The zero-order chi connectivity index (χ0) is 21.4. The molecular formula is C22H21N5O4. The Morgan fingerprint density at radius 2 is 1.77 bits per heavy atom. The Hall–Kier alpha value is -3.53. The molecule has 1 saturated heterocycles. The van der Waals surface area contributed by atoms with E-state index in [0.717, 1.165) is 11.1 Å². The van der Waals surface area contributed by atoms with Crippen molar-refractivity contribution >= 4 is 17.0 Å². The van der Waals surface area contributed by atoms with Crippen molar-refractivity contribution < 1.29 is 19.7 Å². The highest BCUT2D eigenvalue weighted by atomic mass is 16.6. The van der Waals surface area contributed by atoms with Gasteiger partial charge in [0, 0.05) is 0 Å². The van der Waals surface area contributed by atoms with Gasteiger partial charge >= 0.3 is 0 Å². The number of nitrogens with two attached hydrogens (primary N) is 1. The van der Waals surface area contributed by atoms with Crippen LogP contribution in [0.2, 0.25) is 0 Å². The van der Waals surface area contributed by atoms with Crippen molar-refractivity contribution in [1.82, 2.24) is 19.5 Å². The number of imidazole rings is 1. The Bertz CT molecular complexity index is 1200. The van der Waals surface area contributed by atoms with Crippen LogP contribution < -0.4 is 10.5 Å². The fraction of sp³-hybridized carbons (Fsp3) is 0.227. The minimum Gasteiger partial charge on any atom is -0.491 e. The van der Waals surface area contributed by atoms with Gasteiger partial charge in [0.15, 0.2) is 17.7 Å². The first-order chi connectivity index (χ1) is 15.1. The van der Waals surface area contributed by atoms with Crippen LogP contribution in [-0.2, 0) is 4.74 Å². The van der Waals surface area contributed by atoms with Gasteiger partial charge in [0.05, 0.1) is 6.33 Å². The minimum atomic E-state index is -1.18. The largest absolute Gasteiger partial charge is 0.491 e. The van der Waals surface area contributed by atoms with Crippen LogP contribution in [0.1, 0.15) is 6.23 Å². The molecule has 9 nitrogen and oxygen atoms in total. The summed E-state index contributed by atoms with van der Waals surface area (Å²) < 4.78 is 13.3. The Morgan fingerprint density at radius 1 is 0.968 bits per heavy atom. The molecular weight excluding hydrogens is 398 g/mol. The molecule has 0 saturated carbocycles. The first-order valence-electron chi connectivity index (χ1n) is 9.84. The van der Waals surface area contributed by atoms with Gasteiger partial charge in [-0.3, -0.25) is 4.57 Å². The minimum absolute atomic E-state index is 0.0662. The molecule has 4 N–H and O–H groups in total. The van der Waals surface area contributed by atoms with Gasteiger partial charge in [0.25, 0.3) is 0 Å². The third-order valence-corrected chi connectivity index (χ3v) is 5.35. The van der Waals surface area contributed by atoms with Crippen LogP contribution >= 0.6 is 0 Å². The molecule has 1 aliphatic rings. The molecule has 1 aliphatic heterocycles. The highest BCUT2D eigenvalue weighted by molar-refractivity contribution is 5.81. The number of fused-ring (bicyclic) bond motifs is 1. The summed E-state index contributed by atoms with van der Waals surface area (Å²) in [4.78, 5) is 12.3. The van der Waals surface area contributed by atoms with Gasteiger partial charge in [-0.25, -0.2) is 15.0 Å². The zero-order valence-electron chi connectivity index (χ0n) is 16.4. The normalized spacial score (nSPS) is 23.3. The molecule has 3 heterocycles. The number of aromatic nitrogens is 4. The average Bonchev–Trinajstić information content (AvgIpc) is 3.35. The topological polar surface area (TPSA) is 129 Å². The lowest BCUT2D eigenvalue weighted by Gasteiger charge is -2.16. The number of hydrogen-bond acceptors (Lipinski definition) is 8. The van der Waals surface area contributed by atoms with Crippen molar-refractivity contribution in [1.29, 1.82) is 0 Å². The number of ether oxygens (including phenoxy) is 2. The first kappa shape index (κ1) is 19.4. The molecule has 0 spiro atoms. The van der Waals surface area contributed by atoms with Crippen LogP contribution in [0.4, 0.5) is 5.82 Å². The fourth-order valence-electron chi connectivity index (χ4n) is 3.73. The van der Waals surface area contributed by atoms with Gasteiger partial charge in [-0.2, -0.15) is 0 Å². The highest BCUT2D eigenvalue weighted by Gasteiger charge is 2.44. The van der Waals surface area contributed by atoms with Crippen LogP contribution in [0, 0.1) is 0 Å². The lowest BCUT2D eigenvalue weighted by Crippen LogP contribution is -2.34. The van der Waals surface area contributed by atoms with E-state index in [4.69, 9.17) is 15.2 Å². The maximum Gasteiger partial charge on any atom is 0.167 e. The summed E-state index contributed by atoms with van der Waals surface area (Å²) in [6, 6.07) is 17.6. The summed E-state index contributed by atoms with van der Waals surface area (Å²) in [6.07, 6.45) is -1.16. The first-order valence-corrected chi connectivity index (χ1v) is 9.84. The van der Waals surface area contributed by atoms with E-state index in [9.17, 15) is 10.2 Å². The molecule has 2 aromatic heterocycles. The Morgan fingerprint density at radius 3 is 2.61 bits per heavy atom. The number of nitrogen functional groups attached to an aromatic ring is 1. The number of benzene rings is 2. The molecule has 0 aliphatic carbocycles. The molecule has 0 unspecified atom stereocenters. The maximum absolute atomic E-state index is 10.6. The third kappa shape index (κ3) is 3.59. The molecule has 4 atom stereocenters. The fourth-order valence-corrected chi connectivity index (χ4v) is 3.73. The van der Waals surface area contributed by atoms with E-state index < -0.39 is 24.5 Å². The van der Waals surface area contributed by atoms with Gasteiger partial charge in [0.2, 0.25) is 0 Å². The molecule has 0 radical (unpaired) electrons. The van der Waals surface area contributed by atoms with E-state index in [1.807, 2.05) is 54.6 Å². The second-order valence-electron chi connectivity index (χ2n) is 7.33. The summed E-state index contributed by atoms with van der Waals surface area (Å²) >= 11 is 0. The Balaban J connectivity index is 1.31. The second kappa shape index (κ2) is 7.95. The van der Waals surface area contributed by atoms with Gasteiger partial charge in [0.1, 0.15) is 42.5 Å². The van der Waals surface area contributed by atoms with E-state index in [-0.39, 0.29) is 12.4 Å². The van der Waals surface area contributed by atoms with Crippen LogP contribution in [0.15, 0.2) is 67.3 Å². The Kier molecular flexibility index (Phi) is 4.99. The van der Waals surface area contributed by atoms with Crippen molar-refractivity contribution in [3.63, 3.8) is 0 Å². The third-order valence-electron chi connectivity index (χ3n) is 5.35. The summed E-state index contributed by atoms with van der Waals surface area (Å²) in [5.41, 5.74) is 8.75. The van der Waals surface area contributed by atoms with E-state index in [2.05, 4.69) is 15.0 Å². The van der Waals surface area contributed by atoms with Crippen LogP contribution in [-0.4, -0.2) is 54.7 Å². The molecule has 0 amide bonds. The monoisotopic (exact) mass is 419 g/mol. The number of anilines is 1. The van der Waals surface area contributed by atoms with E-state index in [1.165, 1.54) is 17.2 Å². The van der Waals surface area contributed by atoms with Crippen molar-refractivity contribution in [2.24, 2.45) is 0 Å². The predicted molar refractivity (Wildman–Crippen MR) is 113 cm³/mol. The standard InChI is InChI=1S/C22H21N5O4/c23-20-17-21(25-11-24-20)27(12-26-17)22-19(29)18(28)16(31-22)10-30-15-8-4-7-14(9-15)13-5-2-1-3-6-13/h1-9,11-12,16,18-19,22,28-29H,10H2,(H2,23,24,25)/t16-,18-,19-,22-/m1/s1. The zero-order valence-corrected chi connectivity index (χ0v) is 16.4. The van der Waals surface area contributed by atoms with E-state index in [0.29, 0.717) is 16.9 Å². The van der Waals surface area contributed by atoms with Crippen molar-refractivity contribution in [3.8, 4) is 16.9 Å². The van der Waals surface area contributed by atoms with Crippen LogP contribution in [0.5, 0.6) is 5.75 Å². The molecule has 2 aromatic carbocycles. The predicted octanol–water partition coefficient (Wildman–Crippen LogP) is 1.77. The smallest absolute Gasteiger partial charge is 0.167 e. The van der Waals surface area contributed by atoms with E-state index in [1.54, 1.807) is 0 Å². The summed E-state index contributed by atoms with van der Waals surface area (Å²) in [7, 11) is 0. The molecule has 31 heavy (non-hydrogen) atoms. The highest BCUT2D eigenvalue weighted by Crippen LogP contribution is 2.32. The molecule has 0 bridgehead atoms.